The molecule has 0 spiro atoms. The SMILES string of the molecule is COC(OC)c1ccnc(-c2ccn(C)n2)n1. The molecule has 90 valence electrons. The van der Waals surface area contributed by atoms with Crippen LogP contribution in [-0.4, -0.2) is 34.0 Å². The zero-order valence-corrected chi connectivity index (χ0v) is 9.99. The first-order chi connectivity index (χ1) is 8.24. The number of aryl methyl sites for hydroxylation is 1. The van der Waals surface area contributed by atoms with Crippen LogP contribution in [0.4, 0.5) is 0 Å². The molecule has 2 heterocycles. The highest BCUT2D eigenvalue weighted by Gasteiger charge is 2.13. The van der Waals surface area contributed by atoms with E-state index in [1.165, 1.54) is 0 Å². The van der Waals surface area contributed by atoms with E-state index in [2.05, 4.69) is 15.1 Å². The summed E-state index contributed by atoms with van der Waals surface area (Å²) in [7, 11) is 4.98. The minimum atomic E-state index is -0.486. The lowest BCUT2D eigenvalue weighted by atomic mass is 10.3. The van der Waals surface area contributed by atoms with E-state index in [9.17, 15) is 0 Å². The molecule has 0 fully saturated rings. The molecule has 2 aromatic heterocycles. The molecule has 0 saturated heterocycles. The standard InChI is InChI=1S/C11H14N4O2/c1-15-7-5-8(14-15)10-12-6-4-9(13-10)11(16-2)17-3/h4-7,11H,1-3H3. The lowest BCUT2D eigenvalue weighted by molar-refractivity contribution is -0.108. The van der Waals surface area contributed by atoms with Crippen molar-refractivity contribution in [1.29, 1.82) is 0 Å². The predicted molar refractivity (Wildman–Crippen MR) is 61.0 cm³/mol. The molecule has 0 bridgehead atoms. The van der Waals surface area contributed by atoms with E-state index in [1.807, 2.05) is 19.3 Å². The van der Waals surface area contributed by atoms with Gasteiger partial charge in [0.2, 0.25) is 6.29 Å². The third kappa shape index (κ3) is 2.48. The maximum Gasteiger partial charge on any atom is 0.200 e. The summed E-state index contributed by atoms with van der Waals surface area (Å²) in [5, 5.41) is 4.24. The molecule has 2 aromatic rings. The Hall–Kier alpha value is -1.79. The van der Waals surface area contributed by atoms with Gasteiger partial charge in [-0.05, 0) is 12.1 Å². The van der Waals surface area contributed by atoms with Crippen molar-refractivity contribution in [3.8, 4) is 11.5 Å². The van der Waals surface area contributed by atoms with Crippen LogP contribution in [0.2, 0.25) is 0 Å². The summed E-state index contributed by atoms with van der Waals surface area (Å²) in [5.74, 6) is 0.558. The van der Waals surface area contributed by atoms with E-state index >= 15 is 0 Å². The van der Waals surface area contributed by atoms with Crippen LogP contribution >= 0.6 is 0 Å². The zero-order chi connectivity index (χ0) is 12.3. The van der Waals surface area contributed by atoms with E-state index in [0.29, 0.717) is 11.5 Å². The molecule has 0 amide bonds. The minimum Gasteiger partial charge on any atom is -0.350 e. The van der Waals surface area contributed by atoms with Crippen LogP contribution in [0.5, 0.6) is 0 Å². The molecule has 0 aromatic carbocycles. The van der Waals surface area contributed by atoms with Crippen LogP contribution in [0.1, 0.15) is 12.0 Å². The first-order valence-corrected chi connectivity index (χ1v) is 5.13. The summed E-state index contributed by atoms with van der Waals surface area (Å²) < 4.78 is 12.0. The van der Waals surface area contributed by atoms with Crippen LogP contribution in [-0.2, 0) is 16.5 Å². The fourth-order valence-corrected chi connectivity index (χ4v) is 1.50. The van der Waals surface area contributed by atoms with Crippen molar-refractivity contribution in [2.24, 2.45) is 7.05 Å². The summed E-state index contributed by atoms with van der Waals surface area (Å²) in [5.41, 5.74) is 1.39. The molecule has 0 atom stereocenters. The van der Waals surface area contributed by atoms with Crippen LogP contribution in [0.15, 0.2) is 24.5 Å². The number of rotatable bonds is 4. The van der Waals surface area contributed by atoms with Gasteiger partial charge in [-0.25, -0.2) is 9.97 Å². The summed E-state index contributed by atoms with van der Waals surface area (Å²) >= 11 is 0. The maximum absolute atomic E-state index is 5.14. The summed E-state index contributed by atoms with van der Waals surface area (Å²) in [4.78, 5) is 8.54. The number of methoxy groups -OCH3 is 2. The van der Waals surface area contributed by atoms with Crippen molar-refractivity contribution < 1.29 is 9.47 Å². The minimum absolute atomic E-state index is 0.486. The third-order valence-corrected chi connectivity index (χ3v) is 2.29. The summed E-state index contributed by atoms with van der Waals surface area (Å²) in [6.45, 7) is 0. The predicted octanol–water partition coefficient (Wildman–Crippen LogP) is 1.17. The number of aromatic nitrogens is 4. The molecule has 0 aliphatic heterocycles. The quantitative estimate of drug-likeness (QED) is 0.743. The number of ether oxygens (including phenoxy) is 2. The van der Waals surface area contributed by atoms with Crippen molar-refractivity contribution in [2.75, 3.05) is 14.2 Å². The number of hydrogen-bond donors (Lipinski definition) is 0. The summed E-state index contributed by atoms with van der Waals surface area (Å²) in [6.07, 6.45) is 3.02. The van der Waals surface area contributed by atoms with E-state index in [0.717, 1.165) is 5.69 Å². The van der Waals surface area contributed by atoms with E-state index < -0.39 is 6.29 Å². The average molecular weight is 234 g/mol. The second kappa shape index (κ2) is 5.03. The lowest BCUT2D eigenvalue weighted by Gasteiger charge is -2.12. The van der Waals surface area contributed by atoms with Crippen molar-refractivity contribution >= 4 is 0 Å². The first kappa shape index (κ1) is 11.7. The largest absolute Gasteiger partial charge is 0.350 e. The van der Waals surface area contributed by atoms with Crippen LogP contribution in [0, 0.1) is 0 Å². The number of hydrogen-bond acceptors (Lipinski definition) is 5. The Kier molecular flexibility index (Phi) is 3.46. The fraction of sp³-hybridized carbons (Fsp3) is 0.364. The Labute approximate surface area is 99.2 Å². The van der Waals surface area contributed by atoms with Gasteiger partial charge in [-0.2, -0.15) is 5.10 Å². The average Bonchev–Trinajstić information content (AvgIpc) is 2.78. The van der Waals surface area contributed by atoms with Crippen LogP contribution in [0.3, 0.4) is 0 Å². The highest BCUT2D eigenvalue weighted by Crippen LogP contribution is 2.17. The molecule has 0 aliphatic carbocycles. The van der Waals surface area contributed by atoms with Gasteiger partial charge < -0.3 is 9.47 Å². The monoisotopic (exact) mass is 234 g/mol. The molecule has 6 nitrogen and oxygen atoms in total. The molecule has 0 aliphatic rings. The van der Waals surface area contributed by atoms with E-state index in [1.54, 1.807) is 31.2 Å². The van der Waals surface area contributed by atoms with Crippen molar-refractivity contribution in [3.05, 3.63) is 30.2 Å². The van der Waals surface area contributed by atoms with Gasteiger partial charge >= 0.3 is 0 Å². The van der Waals surface area contributed by atoms with Gasteiger partial charge in [-0.15, -0.1) is 0 Å². The van der Waals surface area contributed by atoms with Gasteiger partial charge in [-0.3, -0.25) is 4.68 Å². The zero-order valence-electron chi connectivity index (χ0n) is 9.99. The molecule has 0 N–H and O–H groups in total. The van der Waals surface area contributed by atoms with Gasteiger partial charge in [0.15, 0.2) is 5.82 Å². The Morgan fingerprint density at radius 1 is 1.24 bits per heavy atom. The normalized spacial score (nSPS) is 11.1. The Morgan fingerprint density at radius 3 is 2.59 bits per heavy atom. The van der Waals surface area contributed by atoms with E-state index in [4.69, 9.17) is 9.47 Å². The van der Waals surface area contributed by atoms with Crippen molar-refractivity contribution in [1.82, 2.24) is 19.7 Å². The van der Waals surface area contributed by atoms with Gasteiger partial charge in [0.1, 0.15) is 11.4 Å². The highest BCUT2D eigenvalue weighted by atomic mass is 16.7. The van der Waals surface area contributed by atoms with Gasteiger partial charge in [0, 0.05) is 33.7 Å². The fourth-order valence-electron chi connectivity index (χ4n) is 1.50. The van der Waals surface area contributed by atoms with Gasteiger partial charge in [0.25, 0.3) is 0 Å². The third-order valence-electron chi connectivity index (χ3n) is 2.29. The Balaban J connectivity index is 2.34. The Bertz CT molecular complexity index is 494. The van der Waals surface area contributed by atoms with Gasteiger partial charge in [-0.1, -0.05) is 0 Å². The molecule has 0 radical (unpaired) electrons. The van der Waals surface area contributed by atoms with E-state index in [-0.39, 0.29) is 0 Å². The Morgan fingerprint density at radius 2 is 2.00 bits per heavy atom. The summed E-state index contributed by atoms with van der Waals surface area (Å²) in [6, 6.07) is 3.61. The van der Waals surface area contributed by atoms with Crippen LogP contribution < -0.4 is 0 Å². The lowest BCUT2D eigenvalue weighted by Crippen LogP contribution is -2.07. The second-order valence-electron chi connectivity index (χ2n) is 3.48. The second-order valence-corrected chi connectivity index (χ2v) is 3.48. The van der Waals surface area contributed by atoms with Crippen molar-refractivity contribution in [2.45, 2.75) is 6.29 Å². The van der Waals surface area contributed by atoms with Gasteiger partial charge in [0.05, 0.1) is 0 Å². The van der Waals surface area contributed by atoms with Crippen LogP contribution in [0.25, 0.3) is 11.5 Å². The molecule has 2 rings (SSSR count). The molecular formula is C11H14N4O2. The highest BCUT2D eigenvalue weighted by molar-refractivity contribution is 5.47. The molecule has 17 heavy (non-hydrogen) atoms. The first-order valence-electron chi connectivity index (χ1n) is 5.13. The maximum atomic E-state index is 5.14. The molecule has 0 saturated carbocycles. The number of nitrogens with zero attached hydrogens (tertiary/aromatic N) is 4. The van der Waals surface area contributed by atoms with Crippen molar-refractivity contribution in [3.63, 3.8) is 0 Å². The smallest absolute Gasteiger partial charge is 0.200 e. The molecule has 0 unspecified atom stereocenters. The molecular weight excluding hydrogens is 220 g/mol. The molecule has 6 heteroatoms. The topological polar surface area (TPSA) is 62.1 Å².